The third-order valence-electron chi connectivity index (χ3n) is 4.56. The molecule has 0 radical (unpaired) electrons. The molecule has 1 amide bonds. The Morgan fingerprint density at radius 1 is 1.21 bits per heavy atom. The molecule has 0 bridgehead atoms. The Morgan fingerprint density at radius 2 is 1.86 bits per heavy atom. The number of nitriles is 1. The third-order valence-corrected chi connectivity index (χ3v) is 4.56. The van der Waals surface area contributed by atoms with Gasteiger partial charge in [-0.25, -0.2) is 4.79 Å². The molecule has 0 fully saturated rings. The molecule has 3 N–H and O–H groups in total. The van der Waals surface area contributed by atoms with Crippen LogP contribution in [-0.2, 0) is 11.2 Å². The number of hydrogen-bond acceptors (Lipinski definition) is 5. The number of nitrogens with one attached hydrogen (secondary N) is 2. The minimum Gasteiger partial charge on any atom is -0.444 e. The molecule has 2 atom stereocenters. The molecule has 6 heteroatoms. The average molecular weight is 404 g/mol. The lowest BCUT2D eigenvalue weighted by Crippen LogP contribution is -2.50. The van der Waals surface area contributed by atoms with Gasteiger partial charge in [-0.1, -0.05) is 44.2 Å². The van der Waals surface area contributed by atoms with Gasteiger partial charge in [0.05, 0.1) is 18.2 Å². The van der Waals surface area contributed by atoms with Gasteiger partial charge in [0.1, 0.15) is 5.60 Å². The van der Waals surface area contributed by atoms with Crippen molar-refractivity contribution in [3.8, 4) is 6.07 Å². The van der Waals surface area contributed by atoms with Gasteiger partial charge in [-0.3, -0.25) is 0 Å². The fourth-order valence-corrected chi connectivity index (χ4v) is 3.05. The van der Waals surface area contributed by atoms with Crippen LogP contribution in [0.4, 0.5) is 4.79 Å². The van der Waals surface area contributed by atoms with Crippen LogP contribution in [-0.4, -0.2) is 42.0 Å². The first kappa shape index (κ1) is 24.9. The summed E-state index contributed by atoms with van der Waals surface area (Å²) in [5, 5.41) is 25.6. The molecular formula is C23H37N3O3. The molecule has 0 aliphatic rings. The van der Waals surface area contributed by atoms with E-state index >= 15 is 0 Å². The Labute approximate surface area is 175 Å². The highest BCUT2D eigenvalue weighted by Crippen LogP contribution is 2.22. The summed E-state index contributed by atoms with van der Waals surface area (Å²) >= 11 is 0. The van der Waals surface area contributed by atoms with Gasteiger partial charge in [-0.15, -0.1) is 0 Å². The lowest BCUT2D eigenvalue weighted by molar-refractivity contribution is 0.0420. The van der Waals surface area contributed by atoms with Gasteiger partial charge < -0.3 is 20.5 Å². The van der Waals surface area contributed by atoms with Gasteiger partial charge in [-0.05, 0) is 51.0 Å². The minimum absolute atomic E-state index is 0.0318. The summed E-state index contributed by atoms with van der Waals surface area (Å²) < 4.78 is 5.36. The maximum Gasteiger partial charge on any atom is 0.407 e. The fourth-order valence-electron chi connectivity index (χ4n) is 3.05. The number of aliphatic hydroxyl groups excluding tert-OH is 1. The van der Waals surface area contributed by atoms with Crippen molar-refractivity contribution in [2.75, 3.05) is 13.1 Å². The van der Waals surface area contributed by atoms with Gasteiger partial charge in [0.2, 0.25) is 0 Å². The summed E-state index contributed by atoms with van der Waals surface area (Å²) in [6, 6.07) is 11.5. The van der Waals surface area contributed by atoms with Crippen LogP contribution in [0.3, 0.4) is 0 Å². The molecule has 1 rings (SSSR count). The average Bonchev–Trinajstić information content (AvgIpc) is 2.60. The molecule has 0 unspecified atom stereocenters. The molecule has 0 saturated carbocycles. The number of carbonyl (C=O) groups is 1. The summed E-state index contributed by atoms with van der Waals surface area (Å²) in [5.41, 5.74) is 0.465. The molecule has 0 aliphatic heterocycles. The van der Waals surface area contributed by atoms with Crippen LogP contribution in [0.5, 0.6) is 0 Å². The maximum atomic E-state index is 12.3. The van der Waals surface area contributed by atoms with Crippen LogP contribution in [0.2, 0.25) is 0 Å². The molecule has 6 nitrogen and oxygen atoms in total. The quantitative estimate of drug-likeness (QED) is 0.489. The highest BCUT2D eigenvalue weighted by atomic mass is 16.6. The van der Waals surface area contributed by atoms with E-state index in [1.54, 1.807) is 0 Å². The van der Waals surface area contributed by atoms with E-state index in [0.717, 1.165) is 24.9 Å². The molecule has 0 spiro atoms. The molecule has 1 aromatic rings. The topological polar surface area (TPSA) is 94.4 Å². The number of carbonyl (C=O) groups excluding carboxylic acids is 1. The molecule has 0 aliphatic carbocycles. The second kappa shape index (κ2) is 11.8. The summed E-state index contributed by atoms with van der Waals surface area (Å²) in [7, 11) is 0. The van der Waals surface area contributed by atoms with Crippen LogP contribution >= 0.6 is 0 Å². The Morgan fingerprint density at radius 3 is 2.45 bits per heavy atom. The molecule has 0 aromatic heterocycles. The standard InChI is InChI=1S/C23H37N3O3/c1-22(2,3)29-21(28)26-19(15-18-11-7-6-8-12-18)20(27)16-25-17-23(4,5)13-9-10-14-24/h6-8,11-12,19-20,25,27H,9-10,13,15-17H2,1-5H3,(H,26,28)/t19-,20+/m0/s1. The van der Waals surface area contributed by atoms with E-state index in [1.807, 2.05) is 51.1 Å². The number of aliphatic hydroxyl groups is 1. The SMILES string of the molecule is CC(C)(CCCC#N)CNC[C@@H](O)[C@H](Cc1ccccc1)NC(=O)OC(C)(C)C. The zero-order valence-corrected chi connectivity index (χ0v) is 18.5. The largest absolute Gasteiger partial charge is 0.444 e. The second-order valence-corrected chi connectivity index (χ2v) is 9.32. The monoisotopic (exact) mass is 403 g/mol. The number of nitrogens with zero attached hydrogens (tertiary/aromatic N) is 1. The fraction of sp³-hybridized carbons (Fsp3) is 0.652. The predicted molar refractivity (Wildman–Crippen MR) is 115 cm³/mol. The summed E-state index contributed by atoms with van der Waals surface area (Å²) in [4.78, 5) is 12.3. The Balaban J connectivity index is 2.66. The first-order valence-electron chi connectivity index (χ1n) is 10.3. The van der Waals surface area contributed by atoms with Crippen LogP contribution in [0.25, 0.3) is 0 Å². The minimum atomic E-state index is -0.766. The van der Waals surface area contributed by atoms with E-state index < -0.39 is 23.8 Å². The van der Waals surface area contributed by atoms with Crippen molar-refractivity contribution in [1.29, 1.82) is 5.26 Å². The van der Waals surface area contributed by atoms with E-state index in [9.17, 15) is 9.90 Å². The van der Waals surface area contributed by atoms with E-state index in [0.29, 0.717) is 19.4 Å². The van der Waals surface area contributed by atoms with Crippen molar-refractivity contribution in [1.82, 2.24) is 10.6 Å². The zero-order chi connectivity index (χ0) is 21.9. The van der Waals surface area contributed by atoms with Gasteiger partial charge in [-0.2, -0.15) is 5.26 Å². The van der Waals surface area contributed by atoms with Gasteiger partial charge in [0.25, 0.3) is 0 Å². The van der Waals surface area contributed by atoms with Crippen LogP contribution in [0, 0.1) is 16.7 Å². The van der Waals surface area contributed by atoms with Crippen molar-refractivity contribution in [2.45, 2.75) is 78.0 Å². The molecule has 1 aromatic carbocycles. The normalized spacial score (nSPS) is 14.0. The van der Waals surface area contributed by atoms with Gasteiger partial charge >= 0.3 is 6.09 Å². The van der Waals surface area contributed by atoms with Crippen LogP contribution < -0.4 is 10.6 Å². The van der Waals surface area contributed by atoms with Crippen molar-refractivity contribution in [3.05, 3.63) is 35.9 Å². The van der Waals surface area contributed by atoms with E-state index in [-0.39, 0.29) is 5.41 Å². The van der Waals surface area contributed by atoms with Gasteiger partial charge in [0.15, 0.2) is 0 Å². The van der Waals surface area contributed by atoms with Crippen molar-refractivity contribution >= 4 is 6.09 Å². The number of unbranched alkanes of at least 4 members (excludes halogenated alkanes) is 1. The maximum absolute atomic E-state index is 12.3. The smallest absolute Gasteiger partial charge is 0.407 e. The van der Waals surface area contributed by atoms with Crippen LogP contribution in [0.1, 0.15) is 59.4 Å². The van der Waals surface area contributed by atoms with E-state index in [1.165, 1.54) is 0 Å². The van der Waals surface area contributed by atoms with Gasteiger partial charge in [0, 0.05) is 19.5 Å². The Kier molecular flexibility index (Phi) is 10.1. The highest BCUT2D eigenvalue weighted by molar-refractivity contribution is 5.68. The summed E-state index contributed by atoms with van der Waals surface area (Å²) in [6.45, 7) is 10.8. The third kappa shape index (κ3) is 11.5. The van der Waals surface area contributed by atoms with Crippen molar-refractivity contribution in [3.63, 3.8) is 0 Å². The Bertz CT molecular complexity index is 648. The Hall–Kier alpha value is -2.10. The van der Waals surface area contributed by atoms with E-state index in [2.05, 4.69) is 30.6 Å². The number of benzene rings is 1. The lowest BCUT2D eigenvalue weighted by Gasteiger charge is -2.29. The number of rotatable bonds is 11. The molecule has 0 saturated heterocycles. The zero-order valence-electron chi connectivity index (χ0n) is 18.5. The van der Waals surface area contributed by atoms with E-state index in [4.69, 9.17) is 10.00 Å². The number of amides is 1. The predicted octanol–water partition coefficient (Wildman–Crippen LogP) is 3.79. The van der Waals surface area contributed by atoms with Crippen LogP contribution in [0.15, 0.2) is 30.3 Å². The second-order valence-electron chi connectivity index (χ2n) is 9.32. The van der Waals surface area contributed by atoms with Crippen molar-refractivity contribution in [2.24, 2.45) is 5.41 Å². The molecule has 162 valence electrons. The number of hydrogen-bond donors (Lipinski definition) is 3. The summed E-state index contributed by atoms with van der Waals surface area (Å²) in [6.07, 6.45) is 1.57. The molecular weight excluding hydrogens is 366 g/mol. The molecule has 29 heavy (non-hydrogen) atoms. The first-order valence-corrected chi connectivity index (χ1v) is 10.3. The van der Waals surface area contributed by atoms with Crippen molar-refractivity contribution < 1.29 is 14.6 Å². The highest BCUT2D eigenvalue weighted by Gasteiger charge is 2.25. The first-order chi connectivity index (χ1) is 13.5. The number of alkyl carbamates (subject to hydrolysis) is 1. The number of ether oxygens (including phenoxy) is 1. The summed E-state index contributed by atoms with van der Waals surface area (Å²) in [5.74, 6) is 0. The lowest BCUT2D eigenvalue weighted by atomic mass is 9.87. The molecule has 0 heterocycles.